The molecule has 0 aliphatic carbocycles. The number of para-hydroxylation sites is 1. The number of thioether (sulfide) groups is 1. The highest BCUT2D eigenvalue weighted by atomic mass is 35.5. The van der Waals surface area contributed by atoms with E-state index in [0.717, 1.165) is 17.7 Å². The Balaban J connectivity index is 1.37. The first-order chi connectivity index (χ1) is 13.1. The van der Waals surface area contributed by atoms with E-state index >= 15 is 0 Å². The zero-order valence-corrected chi connectivity index (χ0v) is 16.3. The summed E-state index contributed by atoms with van der Waals surface area (Å²) in [5.74, 6) is 1.89. The average molecular weight is 400 g/mol. The van der Waals surface area contributed by atoms with Crippen molar-refractivity contribution in [1.29, 1.82) is 0 Å². The molecule has 5 nitrogen and oxygen atoms in total. The number of fused-ring (bicyclic) bond motifs is 1. The molecule has 0 bridgehead atoms. The lowest BCUT2D eigenvalue weighted by atomic mass is 10.1. The number of amides is 1. The Morgan fingerprint density at radius 1 is 1.26 bits per heavy atom. The number of rotatable bonds is 5. The van der Waals surface area contributed by atoms with Crippen molar-refractivity contribution in [2.45, 2.75) is 25.1 Å². The molecule has 1 aliphatic rings. The molecule has 0 spiro atoms. The topological polar surface area (TPSA) is 59.2 Å². The third-order valence-electron chi connectivity index (χ3n) is 4.51. The van der Waals surface area contributed by atoms with Crippen molar-refractivity contribution in [1.82, 2.24) is 10.1 Å². The molecule has 1 amide bonds. The second kappa shape index (κ2) is 7.74. The highest BCUT2D eigenvalue weighted by molar-refractivity contribution is 7.99. The summed E-state index contributed by atoms with van der Waals surface area (Å²) in [6.07, 6.45) is 0.900. The molecular weight excluding hydrogens is 382 g/mol. The molecule has 0 fully saturated rings. The summed E-state index contributed by atoms with van der Waals surface area (Å²) in [5.41, 5.74) is 2.98. The Morgan fingerprint density at radius 3 is 2.89 bits per heavy atom. The van der Waals surface area contributed by atoms with Gasteiger partial charge in [-0.2, -0.15) is 4.98 Å². The molecule has 0 saturated heterocycles. The normalized spacial score (nSPS) is 15.8. The van der Waals surface area contributed by atoms with Crippen LogP contribution >= 0.6 is 23.4 Å². The van der Waals surface area contributed by atoms with Crippen LogP contribution in [0.15, 0.2) is 53.1 Å². The van der Waals surface area contributed by atoms with Gasteiger partial charge in [-0.15, -0.1) is 11.8 Å². The van der Waals surface area contributed by atoms with Gasteiger partial charge in [-0.3, -0.25) is 4.79 Å². The predicted molar refractivity (Wildman–Crippen MR) is 108 cm³/mol. The highest BCUT2D eigenvalue weighted by Crippen LogP contribution is 2.32. The molecule has 2 heterocycles. The van der Waals surface area contributed by atoms with Crippen LogP contribution in [-0.4, -0.2) is 27.8 Å². The van der Waals surface area contributed by atoms with Gasteiger partial charge in [-0.05, 0) is 37.1 Å². The van der Waals surface area contributed by atoms with E-state index in [0.29, 0.717) is 28.2 Å². The predicted octanol–water partition coefficient (Wildman–Crippen LogP) is 4.60. The van der Waals surface area contributed by atoms with Crippen LogP contribution < -0.4 is 4.90 Å². The maximum Gasteiger partial charge on any atom is 0.237 e. The minimum absolute atomic E-state index is 0.100. The number of nitrogens with zero attached hydrogens (tertiary/aromatic N) is 3. The SMILES string of the molecule is CC1Cc2ccccc2N1C(=O)CSCc1nc(-c2ccccc2Cl)no1. The number of hydrogen-bond donors (Lipinski definition) is 0. The lowest BCUT2D eigenvalue weighted by Gasteiger charge is -2.22. The zero-order valence-electron chi connectivity index (χ0n) is 14.8. The van der Waals surface area contributed by atoms with Gasteiger partial charge in [0.1, 0.15) is 0 Å². The van der Waals surface area contributed by atoms with Gasteiger partial charge in [0.05, 0.1) is 16.5 Å². The van der Waals surface area contributed by atoms with Gasteiger partial charge in [0.2, 0.25) is 17.6 Å². The van der Waals surface area contributed by atoms with Crippen molar-refractivity contribution in [2.75, 3.05) is 10.7 Å². The van der Waals surface area contributed by atoms with Crippen molar-refractivity contribution < 1.29 is 9.32 Å². The van der Waals surface area contributed by atoms with Gasteiger partial charge >= 0.3 is 0 Å². The second-order valence-electron chi connectivity index (χ2n) is 6.43. The number of hydrogen-bond acceptors (Lipinski definition) is 5. The first-order valence-corrected chi connectivity index (χ1v) is 10.2. The van der Waals surface area contributed by atoms with Gasteiger partial charge in [-0.1, -0.05) is 47.1 Å². The number of carbonyl (C=O) groups is 1. The molecule has 138 valence electrons. The van der Waals surface area contributed by atoms with Crippen molar-refractivity contribution >= 4 is 35.0 Å². The largest absolute Gasteiger partial charge is 0.338 e. The van der Waals surface area contributed by atoms with E-state index in [2.05, 4.69) is 23.1 Å². The molecule has 1 aromatic heterocycles. The van der Waals surface area contributed by atoms with Crippen LogP contribution in [0.3, 0.4) is 0 Å². The minimum atomic E-state index is 0.100. The van der Waals surface area contributed by atoms with Gasteiger partial charge < -0.3 is 9.42 Å². The molecule has 0 radical (unpaired) electrons. The van der Waals surface area contributed by atoms with Crippen LogP contribution in [0.5, 0.6) is 0 Å². The van der Waals surface area contributed by atoms with E-state index < -0.39 is 0 Å². The van der Waals surface area contributed by atoms with Gasteiger partial charge in [-0.25, -0.2) is 0 Å². The van der Waals surface area contributed by atoms with E-state index in [4.69, 9.17) is 16.1 Å². The fourth-order valence-corrected chi connectivity index (χ4v) is 4.23. The average Bonchev–Trinajstić information content (AvgIpc) is 3.25. The van der Waals surface area contributed by atoms with Crippen LogP contribution in [0.4, 0.5) is 5.69 Å². The van der Waals surface area contributed by atoms with E-state index in [1.807, 2.05) is 41.3 Å². The summed E-state index contributed by atoms with van der Waals surface area (Å²) in [6.45, 7) is 2.08. The third kappa shape index (κ3) is 3.73. The van der Waals surface area contributed by atoms with E-state index in [9.17, 15) is 4.79 Å². The molecule has 1 aliphatic heterocycles. The summed E-state index contributed by atoms with van der Waals surface area (Å²) in [7, 11) is 0. The smallest absolute Gasteiger partial charge is 0.237 e. The number of anilines is 1. The lowest BCUT2D eigenvalue weighted by Crippen LogP contribution is -2.37. The van der Waals surface area contributed by atoms with E-state index in [1.54, 1.807) is 6.07 Å². The Kier molecular flexibility index (Phi) is 5.18. The summed E-state index contributed by atoms with van der Waals surface area (Å²) in [5, 5.41) is 4.56. The summed E-state index contributed by atoms with van der Waals surface area (Å²) >= 11 is 7.63. The number of aromatic nitrogens is 2. The molecule has 3 aromatic rings. The Morgan fingerprint density at radius 2 is 2.04 bits per heavy atom. The fourth-order valence-electron chi connectivity index (χ4n) is 3.31. The fraction of sp³-hybridized carbons (Fsp3) is 0.250. The number of halogens is 1. The summed E-state index contributed by atoms with van der Waals surface area (Å²) < 4.78 is 5.29. The molecule has 7 heteroatoms. The van der Waals surface area contributed by atoms with Crippen molar-refractivity contribution in [3.05, 3.63) is 65.0 Å². The summed E-state index contributed by atoms with van der Waals surface area (Å²) in [4.78, 5) is 19.0. The molecule has 2 aromatic carbocycles. The molecule has 27 heavy (non-hydrogen) atoms. The van der Waals surface area contributed by atoms with Gasteiger partial charge in [0.25, 0.3) is 0 Å². The maximum atomic E-state index is 12.7. The maximum absolute atomic E-state index is 12.7. The summed E-state index contributed by atoms with van der Waals surface area (Å²) in [6, 6.07) is 15.6. The van der Waals surface area contributed by atoms with Crippen molar-refractivity contribution in [3.8, 4) is 11.4 Å². The molecule has 1 unspecified atom stereocenters. The number of benzene rings is 2. The molecule has 4 rings (SSSR count). The monoisotopic (exact) mass is 399 g/mol. The first kappa shape index (κ1) is 18.1. The molecule has 0 saturated carbocycles. The quantitative estimate of drug-likeness (QED) is 0.627. The molecule has 0 N–H and O–H groups in total. The Bertz CT molecular complexity index is 975. The highest BCUT2D eigenvalue weighted by Gasteiger charge is 2.30. The van der Waals surface area contributed by atoms with E-state index in [-0.39, 0.29) is 11.9 Å². The third-order valence-corrected chi connectivity index (χ3v) is 5.74. The Hall–Kier alpha value is -2.31. The molecule has 1 atom stereocenters. The van der Waals surface area contributed by atoms with Gasteiger partial charge in [0.15, 0.2) is 0 Å². The minimum Gasteiger partial charge on any atom is -0.338 e. The zero-order chi connectivity index (χ0) is 18.8. The van der Waals surface area contributed by atoms with Crippen molar-refractivity contribution in [3.63, 3.8) is 0 Å². The van der Waals surface area contributed by atoms with Gasteiger partial charge in [0, 0.05) is 17.3 Å². The van der Waals surface area contributed by atoms with Crippen LogP contribution in [0.25, 0.3) is 11.4 Å². The van der Waals surface area contributed by atoms with Crippen molar-refractivity contribution in [2.24, 2.45) is 0 Å². The first-order valence-electron chi connectivity index (χ1n) is 8.68. The standard InChI is InChI=1S/C20H18ClN3O2S/c1-13-10-14-6-2-5-9-17(14)24(13)19(25)12-27-11-18-22-20(23-26-18)15-7-3-4-8-16(15)21/h2-9,13H,10-12H2,1H3. The van der Waals surface area contributed by atoms with Crippen LogP contribution in [0, 0.1) is 0 Å². The van der Waals surface area contributed by atoms with E-state index in [1.165, 1.54) is 17.3 Å². The second-order valence-corrected chi connectivity index (χ2v) is 7.82. The van der Waals surface area contributed by atoms with Crippen LogP contribution in [0.1, 0.15) is 18.4 Å². The molecular formula is C20H18ClN3O2S. The van der Waals surface area contributed by atoms with Crippen LogP contribution in [0.2, 0.25) is 5.02 Å². The van der Waals surface area contributed by atoms with Crippen LogP contribution in [-0.2, 0) is 17.0 Å². The lowest BCUT2D eigenvalue weighted by molar-refractivity contribution is -0.116. The number of carbonyl (C=O) groups excluding carboxylic acids is 1. The Labute approximate surface area is 166 Å².